The molecule has 0 aliphatic carbocycles. The van der Waals surface area contributed by atoms with Crippen LogP contribution in [0.25, 0.3) is 22.3 Å². The van der Waals surface area contributed by atoms with Crippen LogP contribution in [0.4, 0.5) is 74.6 Å². The molecule has 0 fully saturated rings. The van der Waals surface area contributed by atoms with Crippen LogP contribution in [0.1, 0.15) is 26.3 Å². The van der Waals surface area contributed by atoms with E-state index in [1.165, 1.54) is 0 Å². The summed E-state index contributed by atoms with van der Waals surface area (Å²) >= 11 is 0. The molecule has 19 heteroatoms. The lowest BCUT2D eigenvalue weighted by Gasteiger charge is -2.43. The van der Waals surface area contributed by atoms with Gasteiger partial charge in [-0.3, -0.25) is 9.59 Å². The SMILES string of the molecule is O=Cc1ccc(C=O)c(-c2ccccc2-c2ccccc2C(F)(F)C(F)(F)C(F)(F)C(F)(F)C(F)(F)C(F)(F)C(F)(F)C(F)(F)F)c1. The summed E-state index contributed by atoms with van der Waals surface area (Å²) in [4.78, 5) is 22.8. The Bertz CT molecular complexity index is 1660. The molecule has 3 aromatic carbocycles. The van der Waals surface area contributed by atoms with Crippen molar-refractivity contribution < 1.29 is 84.2 Å². The molecule has 0 N–H and O–H groups in total. The van der Waals surface area contributed by atoms with Crippen molar-refractivity contribution in [3.05, 3.63) is 83.4 Å². The molecular weight excluding hydrogens is 691 g/mol. The standard InChI is InChI=1S/C28H13F17O2/c29-21(30,22(31,32)23(33,34)24(35,36)25(37,38)26(39,40)27(41,42)28(43,44)45)20-8-4-3-7-18(20)16-5-1-2-6-17(16)19-11-14(12-46)9-10-15(19)13-47/h1-13H. The second-order valence-electron chi connectivity index (χ2n) is 9.69. The van der Waals surface area contributed by atoms with Crippen LogP contribution < -0.4 is 0 Å². The average Bonchev–Trinajstić information content (AvgIpc) is 2.99. The molecule has 0 aliphatic heterocycles. The number of benzene rings is 3. The van der Waals surface area contributed by atoms with Gasteiger partial charge in [-0.25, -0.2) is 0 Å². The van der Waals surface area contributed by atoms with E-state index in [1.54, 1.807) is 0 Å². The molecule has 0 heterocycles. The highest BCUT2D eigenvalue weighted by atomic mass is 19.4. The zero-order valence-corrected chi connectivity index (χ0v) is 22.2. The third kappa shape index (κ3) is 5.30. The van der Waals surface area contributed by atoms with Gasteiger partial charge in [0.05, 0.1) is 0 Å². The van der Waals surface area contributed by atoms with Gasteiger partial charge < -0.3 is 0 Å². The average molecular weight is 704 g/mol. The first-order valence-electron chi connectivity index (χ1n) is 12.2. The lowest BCUT2D eigenvalue weighted by Crippen LogP contribution is -2.74. The summed E-state index contributed by atoms with van der Waals surface area (Å²) in [6.45, 7) is 0. The van der Waals surface area contributed by atoms with Gasteiger partial charge in [-0.2, -0.15) is 74.6 Å². The zero-order chi connectivity index (χ0) is 36.2. The normalized spacial score (nSPS) is 14.2. The summed E-state index contributed by atoms with van der Waals surface area (Å²) in [5.41, 5.74) is -5.40. The minimum atomic E-state index is -8.75. The summed E-state index contributed by atoms with van der Waals surface area (Å²) in [7, 11) is 0. The van der Waals surface area contributed by atoms with E-state index in [2.05, 4.69) is 0 Å². The van der Waals surface area contributed by atoms with Crippen molar-refractivity contribution >= 4 is 12.6 Å². The summed E-state index contributed by atoms with van der Waals surface area (Å²) in [5.74, 6) is -57.6. The van der Waals surface area contributed by atoms with Gasteiger partial charge in [0.25, 0.3) is 0 Å². The summed E-state index contributed by atoms with van der Waals surface area (Å²) in [5, 5.41) is 0. The Labute approximate surface area is 250 Å². The van der Waals surface area contributed by atoms with E-state index < -0.39 is 64.3 Å². The van der Waals surface area contributed by atoms with E-state index in [0.717, 1.165) is 48.5 Å². The van der Waals surface area contributed by atoms with Gasteiger partial charge in [-0.15, -0.1) is 0 Å². The fourth-order valence-corrected chi connectivity index (χ4v) is 4.26. The van der Waals surface area contributed by atoms with E-state index in [0.29, 0.717) is 12.1 Å². The van der Waals surface area contributed by atoms with E-state index in [1.807, 2.05) is 0 Å². The number of hydrogen-bond acceptors (Lipinski definition) is 2. The fraction of sp³-hybridized carbons (Fsp3) is 0.286. The molecule has 0 amide bonds. The summed E-state index contributed by atoms with van der Waals surface area (Å²) in [6, 6.07) is 8.70. The Kier molecular flexibility index (Phi) is 9.12. The fourth-order valence-electron chi connectivity index (χ4n) is 4.26. The quantitative estimate of drug-likeness (QED) is 0.147. The molecule has 0 saturated heterocycles. The number of hydrogen-bond donors (Lipinski definition) is 0. The van der Waals surface area contributed by atoms with Crippen LogP contribution in [0.3, 0.4) is 0 Å². The Balaban J connectivity index is 2.28. The third-order valence-electron chi connectivity index (χ3n) is 6.84. The Morgan fingerprint density at radius 1 is 0.404 bits per heavy atom. The first kappa shape index (κ1) is 37.3. The van der Waals surface area contributed by atoms with E-state index >= 15 is 8.78 Å². The van der Waals surface area contributed by atoms with Crippen molar-refractivity contribution in [1.29, 1.82) is 0 Å². The topological polar surface area (TPSA) is 34.1 Å². The van der Waals surface area contributed by atoms with Gasteiger partial charge in [0.15, 0.2) is 6.29 Å². The monoisotopic (exact) mass is 704 g/mol. The number of rotatable bonds is 11. The minimum absolute atomic E-state index is 0.124. The number of alkyl halides is 17. The van der Waals surface area contributed by atoms with Crippen LogP contribution in [-0.2, 0) is 5.92 Å². The molecule has 3 rings (SSSR count). The largest absolute Gasteiger partial charge is 0.460 e. The van der Waals surface area contributed by atoms with Crippen molar-refractivity contribution in [3.63, 3.8) is 0 Å². The molecule has 3 aromatic rings. The Morgan fingerprint density at radius 2 is 0.809 bits per heavy atom. The lowest BCUT2D eigenvalue weighted by molar-refractivity contribution is -0.462. The second-order valence-corrected chi connectivity index (χ2v) is 9.69. The van der Waals surface area contributed by atoms with Crippen LogP contribution in [0, 0.1) is 0 Å². The molecule has 0 unspecified atom stereocenters. The predicted octanol–water partition coefficient (Wildman–Crippen LogP) is 10.1. The van der Waals surface area contributed by atoms with Crippen molar-refractivity contribution in [2.24, 2.45) is 0 Å². The maximum absolute atomic E-state index is 15.4. The summed E-state index contributed by atoms with van der Waals surface area (Å²) < 4.78 is 237. The number of carbonyl (C=O) groups excluding carboxylic acids is 2. The van der Waals surface area contributed by atoms with Crippen LogP contribution in [0.5, 0.6) is 0 Å². The second kappa shape index (κ2) is 11.5. The molecule has 256 valence electrons. The molecule has 0 saturated carbocycles. The molecule has 47 heavy (non-hydrogen) atoms. The van der Waals surface area contributed by atoms with Crippen LogP contribution >= 0.6 is 0 Å². The molecule has 0 aromatic heterocycles. The Hall–Kier alpha value is -4.19. The number of halogens is 17. The summed E-state index contributed by atoms with van der Waals surface area (Å²) in [6.07, 6.45) is -7.43. The Morgan fingerprint density at radius 3 is 1.26 bits per heavy atom. The molecule has 0 aliphatic rings. The highest BCUT2D eigenvalue weighted by Gasteiger charge is 2.95. The van der Waals surface area contributed by atoms with E-state index in [-0.39, 0.29) is 40.9 Å². The van der Waals surface area contributed by atoms with Crippen molar-refractivity contribution in [2.75, 3.05) is 0 Å². The van der Waals surface area contributed by atoms with Crippen LogP contribution in [0.2, 0.25) is 0 Å². The van der Waals surface area contributed by atoms with Gasteiger partial charge in [0, 0.05) is 16.7 Å². The molecule has 0 bridgehead atoms. The minimum Gasteiger partial charge on any atom is -0.298 e. The maximum Gasteiger partial charge on any atom is 0.460 e. The highest BCUT2D eigenvalue weighted by Crippen LogP contribution is 2.65. The molecule has 0 atom stereocenters. The molecule has 2 nitrogen and oxygen atoms in total. The molecular formula is C28H13F17O2. The van der Waals surface area contributed by atoms with E-state index in [4.69, 9.17) is 0 Å². The van der Waals surface area contributed by atoms with Crippen molar-refractivity contribution in [3.8, 4) is 22.3 Å². The third-order valence-corrected chi connectivity index (χ3v) is 6.84. The number of aldehydes is 2. The van der Waals surface area contributed by atoms with Gasteiger partial charge >= 0.3 is 47.6 Å². The van der Waals surface area contributed by atoms with Gasteiger partial charge in [-0.05, 0) is 28.3 Å². The first-order chi connectivity index (χ1) is 21.2. The maximum atomic E-state index is 15.4. The first-order valence-corrected chi connectivity index (χ1v) is 12.2. The van der Waals surface area contributed by atoms with Crippen molar-refractivity contribution in [2.45, 2.75) is 47.6 Å². The predicted molar refractivity (Wildman–Crippen MR) is 128 cm³/mol. The van der Waals surface area contributed by atoms with Crippen LogP contribution in [-0.4, -0.2) is 54.3 Å². The molecule has 0 spiro atoms. The van der Waals surface area contributed by atoms with Crippen molar-refractivity contribution in [1.82, 2.24) is 0 Å². The zero-order valence-electron chi connectivity index (χ0n) is 22.2. The lowest BCUT2D eigenvalue weighted by atomic mass is 9.83. The van der Waals surface area contributed by atoms with Crippen LogP contribution in [0.15, 0.2) is 66.7 Å². The highest BCUT2D eigenvalue weighted by molar-refractivity contribution is 5.95. The number of carbonyl (C=O) groups is 2. The smallest absolute Gasteiger partial charge is 0.298 e. The van der Waals surface area contributed by atoms with Gasteiger partial charge in [-0.1, -0.05) is 60.7 Å². The van der Waals surface area contributed by atoms with Gasteiger partial charge in [0.1, 0.15) is 6.29 Å². The van der Waals surface area contributed by atoms with Gasteiger partial charge in [0.2, 0.25) is 0 Å². The molecule has 0 radical (unpaired) electrons. The van der Waals surface area contributed by atoms with E-state index in [9.17, 15) is 75.4 Å².